The highest BCUT2D eigenvalue weighted by molar-refractivity contribution is 7.81. The quantitative estimate of drug-likeness (QED) is 0.522. The second-order valence-electron chi connectivity index (χ2n) is 5.64. The average Bonchev–Trinajstić information content (AvgIpc) is 3.02. The summed E-state index contributed by atoms with van der Waals surface area (Å²) < 4.78 is 0. The Hall–Kier alpha value is -1.65. The van der Waals surface area contributed by atoms with E-state index in [0.717, 1.165) is 24.4 Å². The molecule has 2 rings (SSSR count). The van der Waals surface area contributed by atoms with E-state index >= 15 is 0 Å². The lowest BCUT2D eigenvalue weighted by Crippen LogP contribution is -2.13. The van der Waals surface area contributed by atoms with Crippen LogP contribution in [0.3, 0.4) is 0 Å². The molecule has 0 aromatic heterocycles. The third-order valence-electron chi connectivity index (χ3n) is 3.78. The molecular weight excluding hydrogens is 332 g/mol. The Balaban J connectivity index is 2.32. The second-order valence-corrected chi connectivity index (χ2v) is 6.27. The van der Waals surface area contributed by atoms with E-state index in [1.54, 1.807) is 6.08 Å². The largest absolute Gasteiger partial charge is 0.376 e. The Morgan fingerprint density at radius 1 is 1.25 bits per heavy atom. The maximum Gasteiger partial charge on any atom is 0.0621 e. The molecule has 2 nitrogen and oxygen atoms in total. The van der Waals surface area contributed by atoms with Crippen molar-refractivity contribution in [2.45, 2.75) is 6.54 Å². The molecule has 126 valence electrons. The molecule has 1 heterocycles. The van der Waals surface area contributed by atoms with Gasteiger partial charge in [0.05, 0.1) is 12.3 Å². The van der Waals surface area contributed by atoms with Crippen LogP contribution in [0.25, 0.3) is 0 Å². The fraction of sp³-hybridized carbons (Fsp3) is 0.250. The van der Waals surface area contributed by atoms with E-state index in [4.69, 9.17) is 0 Å². The summed E-state index contributed by atoms with van der Waals surface area (Å²) in [6, 6.07) is 10.4. The minimum atomic E-state index is 0.633. The molecule has 1 aromatic rings. The molecule has 0 saturated carbocycles. The molecule has 0 spiro atoms. The molecule has 24 heavy (non-hydrogen) atoms. The van der Waals surface area contributed by atoms with Crippen molar-refractivity contribution in [2.24, 2.45) is 4.99 Å². The van der Waals surface area contributed by atoms with Gasteiger partial charge in [-0.1, -0.05) is 55.1 Å². The van der Waals surface area contributed by atoms with Gasteiger partial charge in [0.15, 0.2) is 0 Å². The van der Waals surface area contributed by atoms with Gasteiger partial charge >= 0.3 is 0 Å². The topological polar surface area (TPSA) is 15.6 Å². The first kappa shape index (κ1) is 18.7. The van der Waals surface area contributed by atoms with E-state index in [2.05, 4.69) is 85.3 Å². The van der Waals surface area contributed by atoms with Crippen LogP contribution in [-0.2, 0) is 6.54 Å². The van der Waals surface area contributed by atoms with Crippen molar-refractivity contribution < 1.29 is 0 Å². The van der Waals surface area contributed by atoms with Crippen molar-refractivity contribution in [2.75, 3.05) is 25.1 Å². The van der Waals surface area contributed by atoms with Crippen LogP contribution in [0.4, 0.5) is 0 Å². The predicted octanol–water partition coefficient (Wildman–Crippen LogP) is 4.36. The van der Waals surface area contributed by atoms with Gasteiger partial charge in [-0.15, -0.1) is 0 Å². The molecule has 0 atom stereocenters. The predicted molar refractivity (Wildman–Crippen MR) is 112 cm³/mol. The van der Waals surface area contributed by atoms with Gasteiger partial charge in [-0.3, -0.25) is 4.99 Å². The first-order chi connectivity index (χ1) is 11.7. The lowest BCUT2D eigenvalue weighted by molar-refractivity contribution is 0.449. The Kier molecular flexibility index (Phi) is 7.47. The van der Waals surface area contributed by atoms with Gasteiger partial charge in [0.2, 0.25) is 0 Å². The first-order valence-corrected chi connectivity index (χ1v) is 9.19. The Morgan fingerprint density at radius 3 is 2.62 bits per heavy atom. The normalized spacial score (nSPS) is 15.1. The van der Waals surface area contributed by atoms with Crippen molar-refractivity contribution in [3.8, 4) is 0 Å². The number of benzene rings is 1. The number of rotatable bonds is 8. The highest BCUT2D eigenvalue weighted by Crippen LogP contribution is 2.26. The lowest BCUT2D eigenvalue weighted by Gasteiger charge is -2.18. The fourth-order valence-corrected chi connectivity index (χ4v) is 3.22. The fourth-order valence-electron chi connectivity index (χ4n) is 2.70. The van der Waals surface area contributed by atoms with Crippen LogP contribution < -0.4 is 0 Å². The molecule has 0 radical (unpaired) electrons. The summed E-state index contributed by atoms with van der Waals surface area (Å²) in [5.74, 6) is 1.34. The van der Waals surface area contributed by atoms with Crippen LogP contribution in [0.1, 0.15) is 5.56 Å². The smallest absolute Gasteiger partial charge is 0.0621 e. The molecule has 1 aromatic carbocycles. The average molecular weight is 357 g/mol. The van der Waals surface area contributed by atoms with Gasteiger partial charge < -0.3 is 4.90 Å². The number of aliphatic imine (C=N–C) groups is 1. The highest BCUT2D eigenvalue weighted by atomic mass is 32.1. The Bertz CT molecular complexity index is 685. The van der Waals surface area contributed by atoms with Crippen molar-refractivity contribution >= 4 is 31.0 Å². The number of hydrogen-bond donors (Lipinski definition) is 2. The van der Waals surface area contributed by atoms with Crippen molar-refractivity contribution in [1.82, 2.24) is 4.90 Å². The molecule has 0 unspecified atom stereocenters. The standard InChI is InChI=1S/C20H24N2S2/c1-3-4-10-17(20-18(14-23)11-21-19(20)15-24)13-22(2)12-16-8-6-5-7-9-16/h3-10,13,23-24H,1,11-12,14-15H2,2H3/b10-4-,17-13+. The third kappa shape index (κ3) is 4.92. The summed E-state index contributed by atoms with van der Waals surface area (Å²) in [7, 11) is 2.09. The van der Waals surface area contributed by atoms with E-state index in [1.807, 2.05) is 12.1 Å². The summed E-state index contributed by atoms with van der Waals surface area (Å²) in [5, 5.41) is 0. The molecular formula is C20H24N2S2. The maximum absolute atomic E-state index is 4.61. The van der Waals surface area contributed by atoms with E-state index < -0.39 is 0 Å². The molecule has 1 aliphatic heterocycles. The number of hydrogen-bond acceptors (Lipinski definition) is 4. The Morgan fingerprint density at radius 2 is 2.00 bits per heavy atom. The van der Waals surface area contributed by atoms with Crippen molar-refractivity contribution in [3.63, 3.8) is 0 Å². The molecule has 0 saturated heterocycles. The molecule has 1 aliphatic rings. The lowest BCUT2D eigenvalue weighted by atomic mass is 9.98. The first-order valence-electron chi connectivity index (χ1n) is 7.92. The van der Waals surface area contributed by atoms with Gasteiger partial charge in [-0.05, 0) is 16.7 Å². The summed E-state index contributed by atoms with van der Waals surface area (Å²) in [6.07, 6.45) is 7.99. The highest BCUT2D eigenvalue weighted by Gasteiger charge is 2.20. The van der Waals surface area contributed by atoms with Crippen LogP contribution in [0.15, 0.2) is 83.1 Å². The summed E-state index contributed by atoms with van der Waals surface area (Å²) in [4.78, 5) is 6.80. The molecule has 0 amide bonds. The zero-order valence-corrected chi connectivity index (χ0v) is 15.8. The molecule has 0 bridgehead atoms. The van der Waals surface area contributed by atoms with E-state index in [1.165, 1.54) is 16.7 Å². The maximum atomic E-state index is 4.61. The minimum absolute atomic E-state index is 0.633. The zero-order valence-electron chi connectivity index (χ0n) is 14.0. The molecule has 0 aliphatic carbocycles. The monoisotopic (exact) mass is 356 g/mol. The minimum Gasteiger partial charge on any atom is -0.376 e. The van der Waals surface area contributed by atoms with Crippen LogP contribution in [-0.4, -0.2) is 35.7 Å². The molecule has 0 fully saturated rings. The number of allylic oxidation sites excluding steroid dienone is 5. The summed E-state index contributed by atoms with van der Waals surface area (Å²) in [6.45, 7) is 5.35. The van der Waals surface area contributed by atoms with E-state index in [-0.39, 0.29) is 0 Å². The van der Waals surface area contributed by atoms with Gasteiger partial charge in [0, 0.05) is 36.9 Å². The van der Waals surface area contributed by atoms with Crippen LogP contribution >= 0.6 is 25.3 Å². The van der Waals surface area contributed by atoms with Crippen molar-refractivity contribution in [1.29, 1.82) is 0 Å². The van der Waals surface area contributed by atoms with E-state index in [0.29, 0.717) is 11.5 Å². The van der Waals surface area contributed by atoms with Gasteiger partial charge in [0.1, 0.15) is 0 Å². The summed E-state index contributed by atoms with van der Waals surface area (Å²) >= 11 is 8.91. The van der Waals surface area contributed by atoms with Crippen LogP contribution in [0.5, 0.6) is 0 Å². The second kappa shape index (κ2) is 9.60. The van der Waals surface area contributed by atoms with Gasteiger partial charge in [-0.2, -0.15) is 25.3 Å². The summed E-state index contributed by atoms with van der Waals surface area (Å²) in [5.41, 5.74) is 5.87. The third-order valence-corrected chi connectivity index (χ3v) is 4.46. The van der Waals surface area contributed by atoms with Gasteiger partial charge in [0.25, 0.3) is 0 Å². The van der Waals surface area contributed by atoms with Crippen LogP contribution in [0, 0.1) is 0 Å². The Labute approximate surface area is 156 Å². The van der Waals surface area contributed by atoms with Crippen LogP contribution in [0.2, 0.25) is 0 Å². The SMILES string of the molecule is C=C/C=C\C(=C/N(C)Cc1ccccc1)C1=C(CS)CN=C1CS. The molecule has 0 N–H and O–H groups in total. The number of nitrogens with zero attached hydrogens (tertiary/aromatic N) is 2. The molecule has 4 heteroatoms. The van der Waals surface area contributed by atoms with Crippen molar-refractivity contribution in [3.05, 3.63) is 83.6 Å². The zero-order chi connectivity index (χ0) is 17.4. The van der Waals surface area contributed by atoms with E-state index in [9.17, 15) is 0 Å². The number of thiol groups is 2. The van der Waals surface area contributed by atoms with Gasteiger partial charge in [-0.25, -0.2) is 0 Å².